The molecular formula is C15H18N4. The van der Waals surface area contributed by atoms with Crippen LogP contribution in [0, 0.1) is 0 Å². The number of rotatable bonds is 5. The van der Waals surface area contributed by atoms with E-state index in [0.29, 0.717) is 0 Å². The zero-order valence-electron chi connectivity index (χ0n) is 11.1. The smallest absolute Gasteiger partial charge is 0.122 e. The van der Waals surface area contributed by atoms with Gasteiger partial charge in [0, 0.05) is 36.5 Å². The summed E-state index contributed by atoms with van der Waals surface area (Å²) in [6.45, 7) is 1.76. The number of aryl methyl sites for hydroxylation is 1. The zero-order valence-corrected chi connectivity index (χ0v) is 11.1. The van der Waals surface area contributed by atoms with Crippen LogP contribution in [-0.4, -0.2) is 21.1 Å². The van der Waals surface area contributed by atoms with Crippen LogP contribution in [0.2, 0.25) is 0 Å². The van der Waals surface area contributed by atoms with Gasteiger partial charge in [-0.3, -0.25) is 0 Å². The molecule has 0 atom stereocenters. The SMILES string of the molecule is Cn1ccnc1CNCCc1c[nH]c2ccccc12. The topological polar surface area (TPSA) is 45.6 Å². The van der Waals surface area contributed by atoms with Gasteiger partial charge in [-0.15, -0.1) is 0 Å². The minimum Gasteiger partial charge on any atom is -0.361 e. The summed E-state index contributed by atoms with van der Waals surface area (Å²) in [5, 5.41) is 4.76. The molecule has 1 aromatic carbocycles. The van der Waals surface area contributed by atoms with Crippen LogP contribution in [-0.2, 0) is 20.0 Å². The predicted molar refractivity (Wildman–Crippen MR) is 76.9 cm³/mol. The van der Waals surface area contributed by atoms with Gasteiger partial charge in [-0.1, -0.05) is 18.2 Å². The van der Waals surface area contributed by atoms with E-state index in [1.807, 2.05) is 24.0 Å². The molecule has 0 aliphatic carbocycles. The Kier molecular flexibility index (Phi) is 3.33. The molecule has 0 saturated carbocycles. The number of hydrogen-bond acceptors (Lipinski definition) is 2. The van der Waals surface area contributed by atoms with Gasteiger partial charge in [-0.25, -0.2) is 4.98 Å². The highest BCUT2D eigenvalue weighted by Crippen LogP contribution is 2.17. The first kappa shape index (κ1) is 12.0. The second-order valence-corrected chi connectivity index (χ2v) is 4.74. The summed E-state index contributed by atoms with van der Waals surface area (Å²) >= 11 is 0. The van der Waals surface area contributed by atoms with E-state index < -0.39 is 0 Å². The molecule has 0 aliphatic heterocycles. The summed E-state index contributed by atoms with van der Waals surface area (Å²) in [5.41, 5.74) is 2.57. The van der Waals surface area contributed by atoms with Crippen LogP contribution >= 0.6 is 0 Å². The molecule has 0 amide bonds. The third-order valence-electron chi connectivity index (χ3n) is 3.45. The molecule has 0 saturated heterocycles. The molecular weight excluding hydrogens is 236 g/mol. The van der Waals surface area contributed by atoms with Gasteiger partial charge in [-0.2, -0.15) is 0 Å². The highest BCUT2D eigenvalue weighted by Gasteiger charge is 2.03. The third-order valence-corrected chi connectivity index (χ3v) is 3.45. The molecule has 4 heteroatoms. The maximum Gasteiger partial charge on any atom is 0.122 e. The molecule has 2 N–H and O–H groups in total. The molecule has 0 aliphatic rings. The standard InChI is InChI=1S/C15H18N4/c1-19-9-8-17-15(19)11-16-7-6-12-10-18-14-5-3-2-4-13(12)14/h2-5,8-10,16,18H,6-7,11H2,1H3. The number of imidazole rings is 1. The van der Waals surface area contributed by atoms with E-state index in [1.165, 1.54) is 16.5 Å². The van der Waals surface area contributed by atoms with Crippen molar-refractivity contribution in [1.82, 2.24) is 19.9 Å². The van der Waals surface area contributed by atoms with E-state index in [0.717, 1.165) is 25.3 Å². The van der Waals surface area contributed by atoms with Crippen molar-refractivity contribution in [2.24, 2.45) is 7.05 Å². The average Bonchev–Trinajstić information content (AvgIpc) is 3.02. The first-order chi connectivity index (χ1) is 9.34. The van der Waals surface area contributed by atoms with Crippen LogP contribution < -0.4 is 5.32 Å². The lowest BCUT2D eigenvalue weighted by atomic mass is 10.1. The maximum absolute atomic E-state index is 4.29. The average molecular weight is 254 g/mol. The van der Waals surface area contributed by atoms with Crippen molar-refractivity contribution in [3.8, 4) is 0 Å². The number of hydrogen-bond donors (Lipinski definition) is 2. The number of benzene rings is 1. The largest absolute Gasteiger partial charge is 0.361 e. The van der Waals surface area contributed by atoms with E-state index >= 15 is 0 Å². The van der Waals surface area contributed by atoms with E-state index in [4.69, 9.17) is 0 Å². The first-order valence-electron chi connectivity index (χ1n) is 6.56. The van der Waals surface area contributed by atoms with Gasteiger partial charge >= 0.3 is 0 Å². The van der Waals surface area contributed by atoms with Gasteiger partial charge in [0.15, 0.2) is 0 Å². The number of nitrogens with zero attached hydrogens (tertiary/aromatic N) is 2. The molecule has 0 fully saturated rings. The van der Waals surface area contributed by atoms with Crippen molar-refractivity contribution in [2.45, 2.75) is 13.0 Å². The van der Waals surface area contributed by atoms with Crippen molar-refractivity contribution in [1.29, 1.82) is 0 Å². The summed E-state index contributed by atoms with van der Waals surface area (Å²) in [6, 6.07) is 8.42. The fourth-order valence-corrected chi connectivity index (χ4v) is 2.33. The molecule has 0 unspecified atom stereocenters. The van der Waals surface area contributed by atoms with E-state index in [-0.39, 0.29) is 0 Å². The van der Waals surface area contributed by atoms with Gasteiger partial charge in [-0.05, 0) is 24.6 Å². The van der Waals surface area contributed by atoms with Gasteiger partial charge in [0.05, 0.1) is 6.54 Å². The predicted octanol–water partition coefficient (Wildman–Crippen LogP) is 2.23. The molecule has 3 aromatic rings. The van der Waals surface area contributed by atoms with Crippen molar-refractivity contribution in [3.05, 3.63) is 54.2 Å². The maximum atomic E-state index is 4.29. The van der Waals surface area contributed by atoms with Crippen molar-refractivity contribution in [3.63, 3.8) is 0 Å². The molecule has 19 heavy (non-hydrogen) atoms. The summed E-state index contributed by atoms with van der Waals surface area (Å²) < 4.78 is 2.04. The normalized spacial score (nSPS) is 11.2. The molecule has 0 spiro atoms. The van der Waals surface area contributed by atoms with Crippen LogP contribution in [0.25, 0.3) is 10.9 Å². The van der Waals surface area contributed by atoms with Gasteiger partial charge in [0.1, 0.15) is 5.82 Å². The van der Waals surface area contributed by atoms with Gasteiger partial charge < -0.3 is 14.9 Å². The Morgan fingerprint density at radius 3 is 3.05 bits per heavy atom. The number of aromatic amines is 1. The second-order valence-electron chi connectivity index (χ2n) is 4.74. The number of aromatic nitrogens is 3. The highest BCUT2D eigenvalue weighted by molar-refractivity contribution is 5.83. The Morgan fingerprint density at radius 1 is 1.32 bits per heavy atom. The Morgan fingerprint density at radius 2 is 2.21 bits per heavy atom. The minimum atomic E-state index is 0.811. The second kappa shape index (κ2) is 5.28. The van der Waals surface area contributed by atoms with Crippen LogP contribution in [0.1, 0.15) is 11.4 Å². The Balaban J connectivity index is 1.57. The van der Waals surface area contributed by atoms with Crippen molar-refractivity contribution in [2.75, 3.05) is 6.54 Å². The quantitative estimate of drug-likeness (QED) is 0.686. The van der Waals surface area contributed by atoms with Crippen LogP contribution in [0.4, 0.5) is 0 Å². The number of nitrogens with one attached hydrogen (secondary N) is 2. The fraction of sp³-hybridized carbons (Fsp3) is 0.267. The molecule has 0 bridgehead atoms. The zero-order chi connectivity index (χ0) is 13.1. The molecule has 98 valence electrons. The third kappa shape index (κ3) is 2.53. The summed E-state index contributed by atoms with van der Waals surface area (Å²) in [5.74, 6) is 1.07. The fourth-order valence-electron chi connectivity index (χ4n) is 2.33. The van der Waals surface area contributed by atoms with E-state index in [2.05, 4.69) is 45.7 Å². The van der Waals surface area contributed by atoms with Gasteiger partial charge in [0.25, 0.3) is 0 Å². The van der Waals surface area contributed by atoms with Crippen LogP contribution in [0.15, 0.2) is 42.9 Å². The Labute approximate surface area is 112 Å². The van der Waals surface area contributed by atoms with Crippen molar-refractivity contribution >= 4 is 10.9 Å². The van der Waals surface area contributed by atoms with Crippen LogP contribution in [0.5, 0.6) is 0 Å². The summed E-state index contributed by atoms with van der Waals surface area (Å²) in [6.07, 6.45) is 6.93. The van der Waals surface area contributed by atoms with Gasteiger partial charge in [0.2, 0.25) is 0 Å². The van der Waals surface area contributed by atoms with E-state index in [1.54, 1.807) is 0 Å². The van der Waals surface area contributed by atoms with Crippen molar-refractivity contribution < 1.29 is 0 Å². The lowest BCUT2D eigenvalue weighted by molar-refractivity contribution is 0.638. The van der Waals surface area contributed by atoms with Crippen LogP contribution in [0.3, 0.4) is 0 Å². The lowest BCUT2D eigenvalue weighted by Gasteiger charge is -2.04. The Bertz CT molecular complexity index is 665. The number of H-pyrrole nitrogens is 1. The number of para-hydroxylation sites is 1. The monoisotopic (exact) mass is 254 g/mol. The summed E-state index contributed by atoms with van der Waals surface area (Å²) in [7, 11) is 2.02. The first-order valence-corrected chi connectivity index (χ1v) is 6.56. The molecule has 2 heterocycles. The molecule has 0 radical (unpaired) electrons. The number of fused-ring (bicyclic) bond motifs is 1. The summed E-state index contributed by atoms with van der Waals surface area (Å²) in [4.78, 5) is 7.60. The highest BCUT2D eigenvalue weighted by atomic mass is 15.1. The van der Waals surface area contributed by atoms with E-state index in [9.17, 15) is 0 Å². The lowest BCUT2D eigenvalue weighted by Crippen LogP contribution is -2.18. The molecule has 2 aromatic heterocycles. The Hall–Kier alpha value is -2.07. The molecule has 4 nitrogen and oxygen atoms in total. The minimum absolute atomic E-state index is 0.811. The molecule has 3 rings (SSSR count).